The van der Waals surface area contributed by atoms with Crippen LogP contribution in [0.2, 0.25) is 0 Å². The fourth-order valence-corrected chi connectivity index (χ4v) is 17.7. The smallest absolute Gasteiger partial charge is 0.312 e. The number of rotatable bonds is 25. The van der Waals surface area contributed by atoms with Gasteiger partial charge in [-0.2, -0.15) is 0 Å². The number of carbonyl (C=O) groups is 7. The molecule has 0 amide bonds. The van der Waals surface area contributed by atoms with Gasteiger partial charge >= 0.3 is 41.8 Å². The van der Waals surface area contributed by atoms with Crippen molar-refractivity contribution in [2.24, 2.45) is 72.9 Å². The van der Waals surface area contributed by atoms with Crippen molar-refractivity contribution in [1.29, 1.82) is 0 Å². The van der Waals surface area contributed by atoms with Gasteiger partial charge in [0.05, 0.1) is 37.9 Å². The molecule has 3 atom stereocenters. The minimum absolute atomic E-state index is 0. The maximum Gasteiger partial charge on any atom is 0.312 e. The van der Waals surface area contributed by atoms with Gasteiger partial charge in [0.2, 0.25) is 0 Å². The summed E-state index contributed by atoms with van der Waals surface area (Å²) in [6, 6.07) is 0. The largest absolute Gasteiger partial charge is 0.459 e. The van der Waals surface area contributed by atoms with Crippen LogP contribution in [-0.4, -0.2) is 81.0 Å². The Morgan fingerprint density at radius 3 is 0.621 bits per heavy atom. The molecule has 14 nitrogen and oxygen atoms in total. The zero-order chi connectivity index (χ0) is 90.5. The predicted molar refractivity (Wildman–Crippen MR) is 583 cm³/mol. The van der Waals surface area contributed by atoms with E-state index in [2.05, 4.69) is 76.2 Å². The molecule has 0 spiro atoms. The third-order valence-corrected chi connectivity index (χ3v) is 31.7. The molecule has 0 aromatic carbocycles. The van der Waals surface area contributed by atoms with Crippen LogP contribution in [0, 0.1) is 72.9 Å². The molecular formula is C118H248O14. The first-order valence-electron chi connectivity index (χ1n) is 49.1. The molecule has 9 rings (SSSR count). The first-order chi connectivity index (χ1) is 54.4. The van der Waals surface area contributed by atoms with Crippen molar-refractivity contribution in [2.45, 2.75) is 654 Å². The van der Waals surface area contributed by atoms with Crippen molar-refractivity contribution in [3.8, 4) is 0 Å². The van der Waals surface area contributed by atoms with Gasteiger partial charge < -0.3 is 33.2 Å². The van der Waals surface area contributed by atoms with Gasteiger partial charge in [-0.05, 0) is 381 Å². The highest BCUT2D eigenvalue weighted by Gasteiger charge is 2.67. The monoisotopic (exact) mass is 1890 g/mol. The molecule has 9 aliphatic carbocycles. The zero-order valence-corrected chi connectivity index (χ0v) is 83.7. The van der Waals surface area contributed by atoms with E-state index < -0.39 is 0 Å². The Labute approximate surface area is 830 Å². The minimum atomic E-state index is -0.357. The molecule has 0 bridgehead atoms. The van der Waals surface area contributed by atoms with Crippen molar-refractivity contribution in [1.82, 2.24) is 0 Å². The molecule has 0 saturated heterocycles. The van der Waals surface area contributed by atoms with Crippen LogP contribution >= 0.6 is 0 Å². The molecule has 9 aliphatic rings. The van der Waals surface area contributed by atoms with E-state index in [4.69, 9.17) is 33.2 Å². The van der Waals surface area contributed by atoms with Gasteiger partial charge in [0.15, 0.2) is 0 Å². The Morgan fingerprint density at radius 1 is 0.235 bits per heavy atom. The van der Waals surface area contributed by atoms with E-state index >= 15 is 0 Å². The third kappa shape index (κ3) is 47.0. The average Bonchev–Trinajstić information content (AvgIpc) is 0.826. The molecule has 0 N–H and O–H groups in total. The van der Waals surface area contributed by atoms with Crippen molar-refractivity contribution in [2.75, 3.05) is 0 Å². The van der Waals surface area contributed by atoms with Crippen molar-refractivity contribution in [3.63, 3.8) is 0 Å². The van der Waals surface area contributed by atoms with E-state index in [-0.39, 0.29) is 228 Å². The lowest BCUT2D eigenvalue weighted by molar-refractivity contribution is -0.265. The summed E-state index contributed by atoms with van der Waals surface area (Å²) in [6.45, 7) is 67.1. The molecule has 9 saturated carbocycles. The standard InChI is InChI=1S/C20H36O2.C15H28O2.C14H24O2.2C14H26O2.C13H24O2.C12H22O2.C2H6.14CH4/c1-5-19(2,3)18(21)22-20(4,16-12-8-6-9-13-16)17-14-10-7-11-15-17;1-6-14(2,3)13(16)17-15(4,5)12-10-8-7-9-11-12;1-6-12(2,3)11(15)16-14(5)9-10-7-8-13(10,14)4;1-6-13(2,3)12(15)16-14(4,5)11-9-7-8-10-11;1-5-13(2,3)12(15)16-14(4)10-8-6-7-9-11-14;1-5-12(2,3)11(14)15-13(4)9-7-6-8-10-13;1-5-11(2,3)10(13)14-12(4)8-6-7-9-12;1-2;;;;;;;;;;;;;;/h16-17H,5-15H2,1-4H3;12H,6-11H2,1-5H3;10H,6-9H2,1-5H3;11H,6-10H2,1-5H3;5-11H2,1-4H3;5-10H2,1-4H3;5-9H2,1-4H3;1-2H3;14*1H4. The molecule has 0 aromatic rings. The van der Waals surface area contributed by atoms with Crippen molar-refractivity contribution < 1.29 is 66.7 Å². The Balaban J connectivity index is -0.000000112. The molecule has 3 unspecified atom stereocenters. The van der Waals surface area contributed by atoms with E-state index in [1.54, 1.807) is 0 Å². The normalized spacial score (nSPS) is 20.8. The highest BCUT2D eigenvalue weighted by molar-refractivity contribution is 5.79. The molecule has 804 valence electrons. The summed E-state index contributed by atoms with van der Waals surface area (Å²) in [5.41, 5.74) is -3.73. The average molecular weight is 1890 g/mol. The molecule has 9 fully saturated rings. The first kappa shape index (κ1) is 156. The summed E-state index contributed by atoms with van der Waals surface area (Å²) >= 11 is 0. The second-order valence-corrected chi connectivity index (χ2v) is 44.9. The summed E-state index contributed by atoms with van der Waals surface area (Å²) in [6.07, 6.45) is 50.8. The van der Waals surface area contributed by atoms with Crippen LogP contribution in [-0.2, 0) is 66.7 Å². The van der Waals surface area contributed by atoms with Gasteiger partial charge in [-0.1, -0.05) is 263 Å². The van der Waals surface area contributed by atoms with E-state index in [0.717, 1.165) is 95.8 Å². The number of esters is 7. The van der Waals surface area contributed by atoms with Gasteiger partial charge in [0, 0.05) is 5.41 Å². The molecule has 0 aromatic heterocycles. The lowest BCUT2D eigenvalue weighted by atomic mass is 9.41. The second-order valence-electron chi connectivity index (χ2n) is 44.9. The molecule has 14 heteroatoms. The number of hydrogen-bond acceptors (Lipinski definition) is 14. The molecular weight excluding hydrogens is 1640 g/mol. The van der Waals surface area contributed by atoms with E-state index in [1.165, 1.54) is 193 Å². The molecule has 0 radical (unpaired) electrons. The van der Waals surface area contributed by atoms with E-state index in [9.17, 15) is 33.6 Å². The maximum atomic E-state index is 12.8. The summed E-state index contributed by atoms with van der Waals surface area (Å²) in [5, 5.41) is 0. The second kappa shape index (κ2) is 67.6. The predicted octanol–water partition coefficient (Wildman–Crippen LogP) is 38.7. The van der Waals surface area contributed by atoms with Gasteiger partial charge in [-0.3, -0.25) is 33.6 Å². The molecule has 0 heterocycles. The fraction of sp³-hybridized carbons (Fsp3) is 0.941. The van der Waals surface area contributed by atoms with Gasteiger partial charge in [0.25, 0.3) is 0 Å². The van der Waals surface area contributed by atoms with Crippen LogP contribution < -0.4 is 0 Å². The Bertz CT molecular complexity index is 2920. The zero-order valence-electron chi connectivity index (χ0n) is 83.7. The third-order valence-electron chi connectivity index (χ3n) is 31.7. The molecule has 0 aliphatic heterocycles. The minimum Gasteiger partial charge on any atom is -0.459 e. The Kier molecular flexibility index (Phi) is 80.1. The van der Waals surface area contributed by atoms with Crippen LogP contribution in [0.3, 0.4) is 0 Å². The summed E-state index contributed by atoms with van der Waals surface area (Å²) < 4.78 is 40.8. The van der Waals surface area contributed by atoms with Crippen LogP contribution in [0.25, 0.3) is 0 Å². The van der Waals surface area contributed by atoms with E-state index in [1.807, 2.05) is 152 Å². The van der Waals surface area contributed by atoms with Crippen LogP contribution in [0.5, 0.6) is 0 Å². The van der Waals surface area contributed by atoms with Crippen molar-refractivity contribution in [3.05, 3.63) is 0 Å². The topological polar surface area (TPSA) is 184 Å². The first-order valence-corrected chi connectivity index (χ1v) is 49.1. The maximum absolute atomic E-state index is 12.8. The summed E-state index contributed by atoms with van der Waals surface area (Å²) in [5.74, 6) is 2.83. The number of hydrogen-bond donors (Lipinski definition) is 0. The SMILES string of the molecule is C.C.C.C.C.C.C.C.C.C.C.C.C.C.CC.CCC(C)(C)C(=O)OC(C)(C)C1CCCC1.CCC(C)(C)C(=O)OC(C)(C)C1CCCCC1.CCC(C)(C)C(=O)OC(C)(C1CCCCC1)C1CCCCC1.CCC(C)(C)C(=O)OC1(C)CC2CCC21C.CCC(C)(C)C(=O)OC1(C)CCCC1.CCC(C)(C)C(=O)OC1(C)CCCCC1.CCC(C)(C)C(=O)OC1(C)CCCCCC1. The Morgan fingerprint density at radius 2 is 0.417 bits per heavy atom. The fourth-order valence-electron chi connectivity index (χ4n) is 17.7. The lowest BCUT2D eigenvalue weighted by Gasteiger charge is -2.67. The van der Waals surface area contributed by atoms with Crippen LogP contribution in [0.4, 0.5) is 0 Å². The number of ether oxygens (including phenoxy) is 7. The van der Waals surface area contributed by atoms with Gasteiger partial charge in [0.1, 0.15) is 39.2 Å². The highest BCUT2D eigenvalue weighted by Crippen LogP contribution is 2.68. The summed E-state index contributed by atoms with van der Waals surface area (Å²) in [4.78, 5) is 84.9. The number of carbonyl (C=O) groups excluding carboxylic acids is 7. The highest BCUT2D eigenvalue weighted by atomic mass is 16.6. The molecule has 132 heavy (non-hydrogen) atoms. The van der Waals surface area contributed by atoms with Crippen molar-refractivity contribution >= 4 is 41.8 Å². The quantitative estimate of drug-likeness (QED) is 0.0478. The van der Waals surface area contributed by atoms with Gasteiger partial charge in [-0.15, -0.1) is 0 Å². The van der Waals surface area contributed by atoms with Gasteiger partial charge in [-0.25, -0.2) is 0 Å². The van der Waals surface area contributed by atoms with E-state index in [0.29, 0.717) is 23.7 Å². The Hall–Kier alpha value is -3.71. The number of fused-ring (bicyclic) bond motifs is 1. The summed E-state index contributed by atoms with van der Waals surface area (Å²) in [7, 11) is 0. The van der Waals surface area contributed by atoms with Crippen LogP contribution in [0.1, 0.15) is 615 Å². The van der Waals surface area contributed by atoms with Crippen LogP contribution in [0.15, 0.2) is 0 Å². The lowest BCUT2D eigenvalue weighted by Crippen LogP contribution is -2.68.